The Morgan fingerprint density at radius 3 is 2.42 bits per heavy atom. The number of rotatable bonds is 1. The summed E-state index contributed by atoms with van der Waals surface area (Å²) in [6, 6.07) is 13.9. The van der Waals surface area contributed by atoms with Gasteiger partial charge in [0.2, 0.25) is 5.79 Å². The third-order valence-electron chi connectivity index (χ3n) is 4.32. The number of fused-ring (bicyclic) bond motifs is 2. The summed E-state index contributed by atoms with van der Waals surface area (Å²) < 4.78 is -0.419. The molecule has 4 heteroatoms. The van der Waals surface area contributed by atoms with E-state index in [9.17, 15) is 10.2 Å². The lowest BCUT2D eigenvalue weighted by atomic mass is 9.81. The Balaban J connectivity index is 2.04. The molecule has 2 aromatic carbocycles. The van der Waals surface area contributed by atoms with Crippen molar-refractivity contribution in [3.63, 3.8) is 0 Å². The van der Waals surface area contributed by atoms with Crippen LogP contribution in [0.5, 0.6) is 0 Å². The van der Waals surface area contributed by atoms with Crippen molar-refractivity contribution in [1.29, 1.82) is 0 Å². The number of allylic oxidation sites excluding steroid dienone is 6. The zero-order valence-electron chi connectivity index (χ0n) is 12.6. The highest BCUT2D eigenvalue weighted by atomic mass is 79.9. The average Bonchev–Trinajstić information content (AvgIpc) is 2.54. The second-order valence-electron chi connectivity index (χ2n) is 5.98. The summed E-state index contributed by atoms with van der Waals surface area (Å²) in [6.07, 6.45) is 9.02. The quantitative estimate of drug-likeness (QED) is 0.487. The zero-order valence-corrected chi connectivity index (χ0v) is 15.8. The van der Waals surface area contributed by atoms with Crippen molar-refractivity contribution in [3.8, 4) is 0 Å². The lowest BCUT2D eigenvalue weighted by molar-refractivity contribution is -0.0652. The lowest BCUT2D eigenvalue weighted by Gasteiger charge is -2.32. The van der Waals surface area contributed by atoms with Crippen LogP contribution in [0.3, 0.4) is 0 Å². The van der Waals surface area contributed by atoms with E-state index in [1.807, 2.05) is 60.7 Å². The van der Waals surface area contributed by atoms with E-state index < -0.39 is 9.02 Å². The van der Waals surface area contributed by atoms with Gasteiger partial charge in [-0.25, -0.2) is 0 Å². The normalized spacial score (nSPS) is 20.9. The maximum absolute atomic E-state index is 10.6. The van der Waals surface area contributed by atoms with Crippen LogP contribution in [0.4, 0.5) is 0 Å². The van der Waals surface area contributed by atoms with Gasteiger partial charge < -0.3 is 10.2 Å². The van der Waals surface area contributed by atoms with Crippen LogP contribution in [0.2, 0.25) is 0 Å². The molecular weight excluding hydrogens is 432 g/mol. The van der Waals surface area contributed by atoms with Crippen molar-refractivity contribution in [2.45, 2.75) is 9.02 Å². The number of benzene rings is 2. The molecule has 120 valence electrons. The highest BCUT2D eigenvalue weighted by Crippen LogP contribution is 2.45. The van der Waals surface area contributed by atoms with Gasteiger partial charge in [-0.05, 0) is 39.6 Å². The van der Waals surface area contributed by atoms with Crippen LogP contribution < -0.4 is 0 Å². The van der Waals surface area contributed by atoms with Crippen LogP contribution in [0.15, 0.2) is 84.0 Å². The molecule has 2 aliphatic carbocycles. The minimum Gasteiger partial charge on any atom is -0.359 e. The molecular formula is C20H14Br2O2. The topological polar surface area (TPSA) is 40.5 Å². The Morgan fingerprint density at radius 1 is 0.833 bits per heavy atom. The van der Waals surface area contributed by atoms with Gasteiger partial charge in [0.1, 0.15) is 3.23 Å². The van der Waals surface area contributed by atoms with Crippen molar-refractivity contribution in [1.82, 2.24) is 0 Å². The molecule has 24 heavy (non-hydrogen) atoms. The van der Waals surface area contributed by atoms with Gasteiger partial charge in [0, 0.05) is 5.57 Å². The van der Waals surface area contributed by atoms with Crippen molar-refractivity contribution in [2.24, 2.45) is 0 Å². The van der Waals surface area contributed by atoms with Gasteiger partial charge >= 0.3 is 0 Å². The van der Waals surface area contributed by atoms with E-state index in [1.165, 1.54) is 6.08 Å². The fourth-order valence-electron chi connectivity index (χ4n) is 3.26. The van der Waals surface area contributed by atoms with Gasteiger partial charge in [-0.3, -0.25) is 0 Å². The number of hydrogen-bond donors (Lipinski definition) is 2. The molecule has 0 atom stereocenters. The maximum atomic E-state index is 10.6. The van der Waals surface area contributed by atoms with Gasteiger partial charge in [0.15, 0.2) is 0 Å². The highest BCUT2D eigenvalue weighted by Gasteiger charge is 2.36. The Labute approximate surface area is 156 Å². The lowest BCUT2D eigenvalue weighted by Crippen LogP contribution is -2.31. The predicted octanol–water partition coefficient (Wildman–Crippen LogP) is 4.83. The van der Waals surface area contributed by atoms with Crippen molar-refractivity contribution < 1.29 is 10.2 Å². The summed E-state index contributed by atoms with van der Waals surface area (Å²) in [5.41, 5.74) is 3.07. The summed E-state index contributed by atoms with van der Waals surface area (Å²) in [7, 11) is 0. The van der Waals surface area contributed by atoms with Crippen LogP contribution in [-0.2, 0) is 0 Å². The fraction of sp³-hybridized carbons (Fsp3) is 0.100. The minimum atomic E-state index is -2.01. The van der Waals surface area contributed by atoms with E-state index in [0.717, 1.165) is 27.5 Å². The van der Waals surface area contributed by atoms with Gasteiger partial charge in [0.25, 0.3) is 0 Å². The summed E-state index contributed by atoms with van der Waals surface area (Å²) in [4.78, 5) is 0. The Kier molecular flexibility index (Phi) is 3.69. The summed E-state index contributed by atoms with van der Waals surface area (Å²) in [5.74, 6) is -2.01. The largest absolute Gasteiger partial charge is 0.359 e. The molecule has 0 unspecified atom stereocenters. The van der Waals surface area contributed by atoms with E-state index in [2.05, 4.69) is 31.9 Å². The number of alkyl halides is 2. The second-order valence-corrected chi connectivity index (χ2v) is 9.67. The van der Waals surface area contributed by atoms with Gasteiger partial charge in [-0.1, -0.05) is 92.6 Å². The minimum absolute atomic E-state index is 0.419. The molecule has 0 saturated carbocycles. The first-order valence-corrected chi connectivity index (χ1v) is 9.13. The molecule has 4 rings (SSSR count). The first-order chi connectivity index (χ1) is 11.4. The Bertz CT molecular complexity index is 957. The molecule has 2 aromatic rings. The average molecular weight is 446 g/mol. The molecule has 0 saturated heterocycles. The standard InChI is InChI=1S/C20H14Br2O2/c21-19(22)10-9-16-14(12-19)8-11-20(23,24)18(16)17-7-3-5-13-4-1-2-6-15(13)17/h1-12,23-24H. The fourth-order valence-corrected chi connectivity index (χ4v) is 4.02. The Hall–Kier alpha value is -1.46. The number of hydrogen-bond acceptors (Lipinski definition) is 2. The van der Waals surface area contributed by atoms with Crippen LogP contribution in [0.1, 0.15) is 5.56 Å². The third-order valence-corrected chi connectivity index (χ3v) is 5.31. The van der Waals surface area contributed by atoms with Crippen LogP contribution >= 0.6 is 31.9 Å². The summed E-state index contributed by atoms with van der Waals surface area (Å²) >= 11 is 7.14. The van der Waals surface area contributed by atoms with Gasteiger partial charge in [-0.2, -0.15) is 0 Å². The first-order valence-electron chi connectivity index (χ1n) is 7.55. The third kappa shape index (κ3) is 2.64. The molecule has 2 nitrogen and oxygen atoms in total. The molecule has 0 heterocycles. The van der Waals surface area contributed by atoms with Crippen LogP contribution in [-0.4, -0.2) is 19.2 Å². The van der Waals surface area contributed by atoms with E-state index in [-0.39, 0.29) is 0 Å². The van der Waals surface area contributed by atoms with Gasteiger partial charge in [-0.15, -0.1) is 0 Å². The number of halogens is 2. The molecule has 0 bridgehead atoms. The van der Waals surface area contributed by atoms with Crippen LogP contribution in [0.25, 0.3) is 16.3 Å². The summed E-state index contributed by atoms with van der Waals surface area (Å²) in [5, 5.41) is 23.3. The maximum Gasteiger partial charge on any atom is 0.211 e. The second kappa shape index (κ2) is 5.53. The molecule has 0 fully saturated rings. The molecule has 0 spiro atoms. The molecule has 0 aliphatic heterocycles. The van der Waals surface area contributed by atoms with E-state index in [0.29, 0.717) is 5.57 Å². The van der Waals surface area contributed by atoms with Gasteiger partial charge in [0.05, 0.1) is 0 Å². The Morgan fingerprint density at radius 2 is 1.58 bits per heavy atom. The van der Waals surface area contributed by atoms with Crippen molar-refractivity contribution >= 4 is 48.2 Å². The van der Waals surface area contributed by atoms with Crippen LogP contribution in [0, 0.1) is 0 Å². The van der Waals surface area contributed by atoms with E-state index in [1.54, 1.807) is 6.08 Å². The molecule has 2 N–H and O–H groups in total. The summed E-state index contributed by atoms with van der Waals surface area (Å²) in [6.45, 7) is 0. The van der Waals surface area contributed by atoms with Crippen molar-refractivity contribution in [2.75, 3.05) is 0 Å². The van der Waals surface area contributed by atoms with Crippen molar-refractivity contribution in [3.05, 3.63) is 89.6 Å². The number of aliphatic hydroxyl groups is 2. The molecule has 2 aliphatic rings. The molecule has 0 radical (unpaired) electrons. The highest BCUT2D eigenvalue weighted by molar-refractivity contribution is 9.25. The first kappa shape index (κ1) is 16.0. The molecule has 0 aromatic heterocycles. The van der Waals surface area contributed by atoms with E-state index >= 15 is 0 Å². The predicted molar refractivity (Wildman–Crippen MR) is 105 cm³/mol. The van der Waals surface area contributed by atoms with E-state index in [4.69, 9.17) is 0 Å². The smallest absolute Gasteiger partial charge is 0.211 e. The zero-order chi connectivity index (χ0) is 16.9. The molecule has 0 amide bonds. The SMILES string of the molecule is OC1(O)C=CC2=CC(Br)(Br)C=CC2=C1c1cccc2ccccc12. The monoisotopic (exact) mass is 444 g/mol.